The van der Waals surface area contributed by atoms with E-state index in [1.54, 1.807) is 57.4 Å². The predicted molar refractivity (Wildman–Crippen MR) is 154 cm³/mol. The number of ether oxygens (including phenoxy) is 1. The summed E-state index contributed by atoms with van der Waals surface area (Å²) in [6.45, 7) is 8.60. The highest BCUT2D eigenvalue weighted by Gasteiger charge is 2.50. The van der Waals surface area contributed by atoms with Crippen molar-refractivity contribution in [2.75, 3.05) is 4.90 Å². The molecule has 1 N–H and O–H groups in total. The van der Waals surface area contributed by atoms with Gasteiger partial charge in [-0.1, -0.05) is 17.4 Å². The second-order valence-electron chi connectivity index (χ2n) is 11.0. The minimum absolute atomic E-state index is 0.238. The topological polar surface area (TPSA) is 54.7 Å². The van der Waals surface area contributed by atoms with Crippen molar-refractivity contribution >= 4 is 77.5 Å². The molecule has 178 valence electrons. The molecule has 0 saturated carbocycles. The van der Waals surface area contributed by atoms with Gasteiger partial charge in [0.25, 0.3) is 0 Å². The number of aromatic nitrogens is 1. The third-order valence-corrected chi connectivity index (χ3v) is 6.79. The summed E-state index contributed by atoms with van der Waals surface area (Å²) in [5.41, 5.74) is 1.96. The Morgan fingerprint density at radius 2 is 1.58 bits per heavy atom. The summed E-state index contributed by atoms with van der Waals surface area (Å²) in [4.78, 5) is 13.8. The fourth-order valence-electron chi connectivity index (χ4n) is 5.35. The van der Waals surface area contributed by atoms with E-state index >= 15 is 0 Å². The Labute approximate surface area is 232 Å². The molecule has 0 fully saturated rings. The molecule has 0 saturated heterocycles. The number of carboxylic acids is 1. The smallest absolute Gasteiger partial charge is 0.337 e. The molecule has 14 radical (unpaired) electrons. The molecule has 2 aromatic carbocycles. The minimum Gasteiger partial charge on any atom is -0.479 e. The first-order valence-corrected chi connectivity index (χ1v) is 11.9. The van der Waals surface area contributed by atoms with Gasteiger partial charge in [0.1, 0.15) is 5.82 Å². The first-order chi connectivity index (χ1) is 17.2. The van der Waals surface area contributed by atoms with E-state index in [0.29, 0.717) is 33.3 Å². The third-order valence-electron chi connectivity index (χ3n) is 6.79. The number of hydrogen-bond acceptors (Lipinski definition) is 3. The van der Waals surface area contributed by atoms with Gasteiger partial charge in [0.15, 0.2) is 6.10 Å². The number of aliphatic carboxylic acids is 1. The van der Waals surface area contributed by atoms with Crippen LogP contribution in [-0.2, 0) is 14.9 Å². The Morgan fingerprint density at radius 3 is 2.05 bits per heavy atom. The largest absolute Gasteiger partial charge is 0.479 e. The lowest BCUT2D eigenvalue weighted by Gasteiger charge is -2.63. The van der Waals surface area contributed by atoms with E-state index in [1.165, 1.54) is 12.1 Å². The Bertz CT molecular complexity index is 1440. The van der Waals surface area contributed by atoms with Gasteiger partial charge in [-0.05, 0) is 80.2 Å². The molecule has 2 heterocycles. The lowest BCUT2D eigenvalue weighted by atomic mass is 9.33. The summed E-state index contributed by atoms with van der Waals surface area (Å²) in [6.07, 6.45) is -1.48. The van der Waals surface area contributed by atoms with E-state index in [4.69, 9.17) is 59.7 Å². The molecule has 0 amide bonds. The van der Waals surface area contributed by atoms with Gasteiger partial charge in [-0.3, -0.25) is 0 Å². The normalized spacial score (nSPS) is 17.5. The van der Waals surface area contributed by atoms with Gasteiger partial charge in [0, 0.05) is 16.6 Å². The summed E-state index contributed by atoms with van der Waals surface area (Å²) in [7, 11) is 44.7. The number of aryl methyl sites for hydroxylation is 1. The molecule has 0 bridgehead atoms. The summed E-state index contributed by atoms with van der Waals surface area (Å²) >= 11 is 0. The zero-order valence-electron chi connectivity index (χ0n) is 22.0. The molecule has 4 rings (SSSR count). The number of halogens is 1. The quantitative estimate of drug-likeness (QED) is 0.552. The van der Waals surface area contributed by atoms with E-state index in [9.17, 15) is 14.3 Å². The fourth-order valence-corrected chi connectivity index (χ4v) is 5.35. The number of carboxylic acid groups (broad SMARTS) is 1. The summed E-state index contributed by atoms with van der Waals surface area (Å²) in [5.74, 6) is -1.71. The Kier molecular flexibility index (Phi) is 6.63. The average Bonchev–Trinajstić information content (AvgIpc) is 3.09. The molecule has 38 heavy (non-hydrogen) atoms. The average molecular weight is 493 g/mol. The Balaban J connectivity index is 2.30. The Hall–Kier alpha value is -2.41. The number of carbonyl (C=O) groups is 1. The molecule has 13 heteroatoms. The zero-order chi connectivity index (χ0) is 28.7. The van der Waals surface area contributed by atoms with E-state index in [1.807, 2.05) is 0 Å². The van der Waals surface area contributed by atoms with Crippen LogP contribution in [0.1, 0.15) is 43.7 Å². The van der Waals surface area contributed by atoms with Crippen molar-refractivity contribution in [3.63, 3.8) is 0 Å². The molecule has 1 atom stereocenters. The highest BCUT2D eigenvalue weighted by Crippen LogP contribution is 2.53. The lowest BCUT2D eigenvalue weighted by Crippen LogP contribution is -2.75. The van der Waals surface area contributed by atoms with Crippen LogP contribution in [0.4, 0.5) is 10.1 Å². The van der Waals surface area contributed by atoms with Crippen LogP contribution < -0.4 is 4.90 Å². The standard InChI is InChI=1S/C25H22B7FN2O3/c1-11-10-15-17(13-6-8-14(33)9-7-13)16(20(21(36)37)38-22(3,4)5)12(2)18-19(15)34(11)23(26,27)24(28,29)35(18)25(30,31)32/h6-10,20H,1-5H3,(H,36,37)/t20-/m0/s1. The third kappa shape index (κ3) is 4.25. The first kappa shape index (κ1) is 28.6. The van der Waals surface area contributed by atoms with Crippen molar-refractivity contribution in [1.82, 2.24) is 4.57 Å². The predicted octanol–water partition coefficient (Wildman–Crippen LogP) is 1.88. The van der Waals surface area contributed by atoms with Crippen LogP contribution in [0.5, 0.6) is 0 Å². The molecule has 5 nitrogen and oxygen atoms in total. The minimum atomic E-state index is -2.17. The van der Waals surface area contributed by atoms with Crippen LogP contribution in [0.3, 0.4) is 0 Å². The maximum absolute atomic E-state index is 13.9. The van der Waals surface area contributed by atoms with Gasteiger partial charge in [-0.15, -0.1) is 0 Å². The van der Waals surface area contributed by atoms with Crippen molar-refractivity contribution in [1.29, 1.82) is 0 Å². The van der Waals surface area contributed by atoms with E-state index in [-0.39, 0.29) is 11.3 Å². The molecule has 0 unspecified atom stereocenters. The maximum atomic E-state index is 13.9. The number of nitrogens with zero attached hydrogens (tertiary/aromatic N) is 2. The monoisotopic (exact) mass is 494 g/mol. The van der Waals surface area contributed by atoms with Gasteiger partial charge in [0.05, 0.1) is 71.7 Å². The highest BCUT2D eigenvalue weighted by atomic mass is 19.1. The second kappa shape index (κ2) is 8.80. The summed E-state index contributed by atoms with van der Waals surface area (Å²) < 4.78 is 21.5. The van der Waals surface area contributed by atoms with Gasteiger partial charge in [-0.2, -0.15) is 0 Å². The van der Waals surface area contributed by atoms with Crippen LogP contribution in [-0.4, -0.2) is 86.7 Å². The van der Waals surface area contributed by atoms with Crippen molar-refractivity contribution in [3.8, 4) is 11.1 Å². The molecule has 0 spiro atoms. The van der Waals surface area contributed by atoms with E-state index in [2.05, 4.69) is 0 Å². The number of hydrogen-bond donors (Lipinski definition) is 1. The molecule has 1 aliphatic heterocycles. The SMILES string of the molecule is [B]C([B])([B])N1c2c(C)c([C@H](OC(C)(C)C)C(=O)O)c(-c3ccc(F)cc3)c3cc(C)n(c23)C([B])([B])C1([B])[B]. The van der Waals surface area contributed by atoms with Crippen LogP contribution in [0.25, 0.3) is 22.0 Å². The summed E-state index contributed by atoms with van der Waals surface area (Å²) in [5, 5.41) is 4.61. The zero-order valence-corrected chi connectivity index (χ0v) is 22.0. The van der Waals surface area contributed by atoms with Crippen molar-refractivity contribution in [2.24, 2.45) is 0 Å². The Morgan fingerprint density at radius 1 is 1.03 bits per heavy atom. The molecule has 3 aromatic rings. The molecular weight excluding hydrogens is 471 g/mol. The van der Waals surface area contributed by atoms with Crippen LogP contribution >= 0.6 is 0 Å². The molecule has 1 aliphatic rings. The number of rotatable bonds is 5. The van der Waals surface area contributed by atoms with Crippen molar-refractivity contribution < 1.29 is 19.0 Å². The van der Waals surface area contributed by atoms with E-state index in [0.717, 1.165) is 4.90 Å². The van der Waals surface area contributed by atoms with Gasteiger partial charge in [-0.25, -0.2) is 9.18 Å². The first-order valence-electron chi connectivity index (χ1n) is 11.9. The molecule has 1 aromatic heterocycles. The maximum Gasteiger partial charge on any atom is 0.337 e. The van der Waals surface area contributed by atoms with Crippen LogP contribution in [0.2, 0.25) is 0 Å². The fraction of sp³-hybridized carbons (Fsp3) is 0.400. The van der Waals surface area contributed by atoms with Crippen LogP contribution in [0, 0.1) is 19.7 Å². The van der Waals surface area contributed by atoms with Gasteiger partial charge >= 0.3 is 5.97 Å². The summed E-state index contributed by atoms with van der Waals surface area (Å²) in [6, 6.07) is 7.42. The second-order valence-corrected chi connectivity index (χ2v) is 11.0. The molecule has 0 aliphatic carbocycles. The number of anilines is 1. The van der Waals surface area contributed by atoms with Crippen LogP contribution in [0.15, 0.2) is 30.3 Å². The molecular formula is C25H22B7FN2O3. The van der Waals surface area contributed by atoms with Gasteiger partial charge in [0.2, 0.25) is 0 Å². The lowest BCUT2D eigenvalue weighted by molar-refractivity contribution is -0.160. The van der Waals surface area contributed by atoms with Gasteiger partial charge < -0.3 is 19.3 Å². The highest BCUT2D eigenvalue weighted by molar-refractivity contribution is 6.64. The van der Waals surface area contributed by atoms with Crippen molar-refractivity contribution in [3.05, 3.63) is 53.0 Å². The van der Waals surface area contributed by atoms with Crippen molar-refractivity contribution in [2.45, 2.75) is 62.2 Å². The number of benzene rings is 2. The van der Waals surface area contributed by atoms with E-state index < -0.39 is 39.4 Å².